The molecule has 1 saturated heterocycles. The van der Waals surface area contributed by atoms with Gasteiger partial charge in [0, 0.05) is 25.5 Å². The molecule has 7 nitrogen and oxygen atoms in total. The van der Waals surface area contributed by atoms with Crippen LogP contribution >= 0.6 is 0 Å². The lowest BCUT2D eigenvalue weighted by Gasteiger charge is -2.62. The first kappa shape index (κ1) is 24.5. The number of rotatable bonds is 7. The van der Waals surface area contributed by atoms with Crippen LogP contribution in [0.25, 0.3) is 0 Å². The molecule has 1 aliphatic heterocycles. The summed E-state index contributed by atoms with van der Waals surface area (Å²) in [5, 5.41) is 14.0. The van der Waals surface area contributed by atoms with E-state index in [9.17, 15) is 9.90 Å². The normalized spacial score (nSPS) is 38.2. The molecule has 3 aliphatic rings. The molecular weight excluding hydrogens is 422 g/mol. The molecule has 33 heavy (non-hydrogen) atoms. The van der Waals surface area contributed by atoms with Crippen LogP contribution < -0.4 is 10.1 Å². The number of aliphatic hydroxyl groups is 1. The number of carbonyl (C=O) groups is 1. The maximum atomic E-state index is 12.9. The number of aliphatic hydroxyl groups excluding tert-OH is 1. The van der Waals surface area contributed by atoms with Gasteiger partial charge in [0.25, 0.3) is 0 Å². The number of carbonyl (C=O) groups excluding carboxylic acids is 1. The summed E-state index contributed by atoms with van der Waals surface area (Å²) in [6, 6.07) is 7.69. The minimum absolute atomic E-state index is 0.0136. The molecular formula is C26H39NO6. The fourth-order valence-corrected chi connectivity index (χ4v) is 6.73. The third-order valence-electron chi connectivity index (χ3n) is 8.59. The highest BCUT2D eigenvalue weighted by Crippen LogP contribution is 2.62. The van der Waals surface area contributed by atoms with Crippen LogP contribution in [0.1, 0.15) is 51.5 Å². The number of ether oxygens (including phenoxy) is 4. The molecule has 0 aromatic heterocycles. The van der Waals surface area contributed by atoms with E-state index >= 15 is 0 Å². The Balaban J connectivity index is 1.42. The third kappa shape index (κ3) is 4.78. The molecule has 2 aliphatic carbocycles. The fraction of sp³-hybridized carbons (Fsp3) is 0.731. The summed E-state index contributed by atoms with van der Waals surface area (Å²) in [6.45, 7) is 6.06. The summed E-state index contributed by atoms with van der Waals surface area (Å²) in [4.78, 5) is 12.9. The van der Waals surface area contributed by atoms with Crippen LogP contribution in [0.4, 0.5) is 0 Å². The molecule has 2 saturated carbocycles. The summed E-state index contributed by atoms with van der Waals surface area (Å²) in [5.74, 6) is 1.03. The second-order valence-corrected chi connectivity index (χ2v) is 10.5. The van der Waals surface area contributed by atoms with Crippen LogP contribution in [0.15, 0.2) is 24.3 Å². The molecule has 0 spiro atoms. The molecule has 2 N–H and O–H groups in total. The van der Waals surface area contributed by atoms with Crippen molar-refractivity contribution in [3.8, 4) is 5.75 Å². The van der Waals surface area contributed by atoms with Crippen molar-refractivity contribution in [1.29, 1.82) is 0 Å². The number of benzene rings is 1. The monoisotopic (exact) mass is 461 g/mol. The average molecular weight is 462 g/mol. The van der Waals surface area contributed by atoms with Crippen LogP contribution in [0.3, 0.4) is 0 Å². The van der Waals surface area contributed by atoms with Gasteiger partial charge < -0.3 is 29.4 Å². The van der Waals surface area contributed by atoms with Crippen LogP contribution in [0.2, 0.25) is 0 Å². The summed E-state index contributed by atoms with van der Waals surface area (Å²) >= 11 is 0. The zero-order valence-corrected chi connectivity index (χ0v) is 20.3. The molecule has 184 valence electrons. The van der Waals surface area contributed by atoms with Gasteiger partial charge in [-0.15, -0.1) is 0 Å². The van der Waals surface area contributed by atoms with Gasteiger partial charge in [-0.2, -0.15) is 0 Å². The smallest absolute Gasteiger partial charge is 0.220 e. The number of hydrogen-bond donors (Lipinski definition) is 2. The van der Waals surface area contributed by atoms with Gasteiger partial charge >= 0.3 is 0 Å². The number of methoxy groups -OCH3 is 2. The van der Waals surface area contributed by atoms with Crippen molar-refractivity contribution in [2.75, 3.05) is 27.4 Å². The minimum Gasteiger partial charge on any atom is -0.497 e. The summed E-state index contributed by atoms with van der Waals surface area (Å²) < 4.78 is 22.7. The zero-order chi connectivity index (χ0) is 23.6. The van der Waals surface area contributed by atoms with Gasteiger partial charge in [-0.3, -0.25) is 4.79 Å². The van der Waals surface area contributed by atoms with Gasteiger partial charge in [0.05, 0.1) is 32.5 Å². The molecule has 1 aromatic rings. The molecule has 7 heteroatoms. The molecule has 1 aromatic carbocycles. The Bertz CT molecular complexity index is 816. The standard InChI is InChI=1S/C26H39NO6/c1-25-12-11-22-26(2,16-32-24(33-22)15-30-3)21(25)10-9-20(28)19(25)13-23(29)27-14-17-5-7-18(31-4)8-6-17/h5-8,19-22,24,28H,9-16H2,1-4H3,(H,27,29)/t19-,20-,21?,22-,24-,25+,26+/m1/s1. The number of nitrogens with one attached hydrogen (secondary N) is 1. The van der Waals surface area contributed by atoms with E-state index in [0.29, 0.717) is 38.5 Å². The lowest BCUT2D eigenvalue weighted by Crippen LogP contribution is -2.63. The Morgan fingerprint density at radius 2 is 1.91 bits per heavy atom. The van der Waals surface area contributed by atoms with Crippen LogP contribution in [-0.4, -0.2) is 56.9 Å². The van der Waals surface area contributed by atoms with E-state index in [2.05, 4.69) is 19.2 Å². The van der Waals surface area contributed by atoms with Crippen molar-refractivity contribution >= 4 is 5.91 Å². The summed E-state index contributed by atoms with van der Waals surface area (Å²) in [7, 11) is 3.29. The molecule has 1 unspecified atom stereocenters. The summed E-state index contributed by atoms with van der Waals surface area (Å²) in [5.41, 5.74) is 0.753. The average Bonchev–Trinajstić information content (AvgIpc) is 2.81. The van der Waals surface area contributed by atoms with E-state index in [0.717, 1.165) is 30.6 Å². The number of hydrogen-bond acceptors (Lipinski definition) is 6. The van der Waals surface area contributed by atoms with Crippen molar-refractivity contribution in [3.63, 3.8) is 0 Å². The fourth-order valence-electron chi connectivity index (χ4n) is 6.73. The van der Waals surface area contributed by atoms with Crippen LogP contribution in [-0.2, 0) is 25.5 Å². The van der Waals surface area contributed by atoms with Gasteiger partial charge in [0.2, 0.25) is 5.91 Å². The number of fused-ring (bicyclic) bond motifs is 3. The second-order valence-electron chi connectivity index (χ2n) is 10.5. The lowest BCUT2D eigenvalue weighted by atomic mass is 9.46. The van der Waals surface area contributed by atoms with Crippen molar-refractivity contribution in [2.45, 2.75) is 71.0 Å². The third-order valence-corrected chi connectivity index (χ3v) is 8.59. The second kappa shape index (κ2) is 9.90. The highest BCUT2D eigenvalue weighted by Gasteiger charge is 2.61. The Morgan fingerprint density at radius 1 is 1.15 bits per heavy atom. The van der Waals surface area contributed by atoms with Gasteiger partial charge in [0.15, 0.2) is 6.29 Å². The highest BCUT2D eigenvalue weighted by molar-refractivity contribution is 5.76. The molecule has 1 amide bonds. The van der Waals surface area contributed by atoms with E-state index in [1.54, 1.807) is 14.2 Å². The van der Waals surface area contributed by atoms with Crippen molar-refractivity contribution in [2.24, 2.45) is 22.7 Å². The SMILES string of the molecule is COC[C@@H]1OC[C@@]2(C)C3CC[C@@H](O)[C@@H](CC(=O)NCc4ccc(OC)cc4)[C@]3(C)CC[C@H]2O1. The molecule has 1 heterocycles. The first-order chi connectivity index (χ1) is 15.8. The van der Waals surface area contributed by atoms with E-state index in [4.69, 9.17) is 18.9 Å². The first-order valence-corrected chi connectivity index (χ1v) is 12.1. The maximum Gasteiger partial charge on any atom is 0.220 e. The topological polar surface area (TPSA) is 86.2 Å². The largest absolute Gasteiger partial charge is 0.497 e. The van der Waals surface area contributed by atoms with Gasteiger partial charge in [0.1, 0.15) is 5.75 Å². The molecule has 0 radical (unpaired) electrons. The Kier molecular flexibility index (Phi) is 7.34. The van der Waals surface area contributed by atoms with Crippen molar-refractivity contribution in [3.05, 3.63) is 29.8 Å². The maximum absolute atomic E-state index is 12.9. The minimum atomic E-state index is -0.468. The van der Waals surface area contributed by atoms with Gasteiger partial charge in [-0.1, -0.05) is 26.0 Å². The quantitative estimate of drug-likeness (QED) is 0.648. The summed E-state index contributed by atoms with van der Waals surface area (Å²) in [6.07, 6.45) is 3.14. The predicted molar refractivity (Wildman–Crippen MR) is 124 cm³/mol. The van der Waals surface area contributed by atoms with Crippen LogP contribution in [0.5, 0.6) is 5.75 Å². The lowest BCUT2D eigenvalue weighted by molar-refractivity contribution is -0.315. The zero-order valence-electron chi connectivity index (χ0n) is 20.3. The Labute approximate surface area is 197 Å². The van der Waals surface area contributed by atoms with E-state index in [1.165, 1.54) is 0 Å². The van der Waals surface area contributed by atoms with Crippen LogP contribution in [0, 0.1) is 22.7 Å². The van der Waals surface area contributed by atoms with E-state index < -0.39 is 6.10 Å². The van der Waals surface area contributed by atoms with Crippen molar-refractivity contribution < 1.29 is 28.8 Å². The van der Waals surface area contributed by atoms with E-state index in [1.807, 2.05) is 24.3 Å². The highest BCUT2D eigenvalue weighted by atomic mass is 16.7. The predicted octanol–water partition coefficient (Wildman–Crippen LogP) is 3.28. The van der Waals surface area contributed by atoms with E-state index in [-0.39, 0.29) is 35.0 Å². The Hall–Kier alpha value is -1.67. The van der Waals surface area contributed by atoms with Gasteiger partial charge in [-0.05, 0) is 60.6 Å². The first-order valence-electron chi connectivity index (χ1n) is 12.1. The number of amides is 1. The molecule has 4 rings (SSSR count). The molecule has 0 bridgehead atoms. The van der Waals surface area contributed by atoms with Gasteiger partial charge in [-0.25, -0.2) is 0 Å². The Morgan fingerprint density at radius 3 is 2.61 bits per heavy atom. The van der Waals surface area contributed by atoms with Crippen molar-refractivity contribution in [1.82, 2.24) is 5.32 Å². The molecule has 3 fully saturated rings. The molecule has 7 atom stereocenters.